The molecular formula is C17H25FN2O. The zero-order chi connectivity index (χ0) is 15.6. The number of halogens is 1. The number of hydrogen-bond donors (Lipinski definition) is 1. The average Bonchev–Trinajstić information content (AvgIpc) is 2.41. The molecule has 3 nitrogen and oxygen atoms in total. The molecule has 1 aliphatic heterocycles. The molecule has 0 saturated carbocycles. The second-order valence-corrected chi connectivity index (χ2v) is 6.56. The van der Waals surface area contributed by atoms with E-state index >= 15 is 0 Å². The summed E-state index contributed by atoms with van der Waals surface area (Å²) in [6.45, 7) is 10.1. The van der Waals surface area contributed by atoms with Gasteiger partial charge in [-0.25, -0.2) is 4.39 Å². The van der Waals surface area contributed by atoms with Gasteiger partial charge in [-0.2, -0.15) is 0 Å². The molecule has 0 spiro atoms. The minimum Gasteiger partial charge on any atom is -0.347 e. The molecule has 0 unspecified atom stereocenters. The van der Waals surface area contributed by atoms with Gasteiger partial charge in [0, 0.05) is 30.2 Å². The van der Waals surface area contributed by atoms with E-state index in [0.29, 0.717) is 17.2 Å². The van der Waals surface area contributed by atoms with Crippen LogP contribution in [-0.4, -0.2) is 35.5 Å². The molecule has 1 N–H and O–H groups in total. The maximum Gasteiger partial charge on any atom is 0.252 e. The summed E-state index contributed by atoms with van der Waals surface area (Å²) in [6.07, 6.45) is 1.84. The summed E-state index contributed by atoms with van der Waals surface area (Å²) in [5.74, 6) is -0.505. The lowest BCUT2D eigenvalue weighted by atomic mass is 9.88. The van der Waals surface area contributed by atoms with Gasteiger partial charge in [0.15, 0.2) is 0 Å². The predicted octanol–water partition coefficient (Wildman–Crippen LogP) is 3.13. The summed E-state index contributed by atoms with van der Waals surface area (Å²) in [5.41, 5.74) is 0.641. The van der Waals surface area contributed by atoms with Gasteiger partial charge in [0.2, 0.25) is 0 Å². The van der Waals surface area contributed by atoms with Gasteiger partial charge in [-0.3, -0.25) is 4.79 Å². The first kappa shape index (κ1) is 16.0. The van der Waals surface area contributed by atoms with Gasteiger partial charge in [0.05, 0.1) is 0 Å². The molecule has 1 saturated heterocycles. The van der Waals surface area contributed by atoms with Crippen molar-refractivity contribution < 1.29 is 9.18 Å². The van der Waals surface area contributed by atoms with Crippen molar-refractivity contribution in [3.63, 3.8) is 0 Å². The minimum absolute atomic E-state index is 0.174. The highest BCUT2D eigenvalue weighted by Crippen LogP contribution is 2.24. The number of rotatable bonds is 3. The van der Waals surface area contributed by atoms with Crippen LogP contribution in [0.2, 0.25) is 0 Å². The first-order valence-corrected chi connectivity index (χ1v) is 7.64. The number of amides is 1. The van der Waals surface area contributed by atoms with Crippen molar-refractivity contribution >= 4 is 5.91 Å². The Bertz CT molecular complexity index is 520. The van der Waals surface area contributed by atoms with E-state index in [0.717, 1.165) is 25.9 Å². The van der Waals surface area contributed by atoms with Crippen molar-refractivity contribution in [3.8, 4) is 0 Å². The van der Waals surface area contributed by atoms with Crippen molar-refractivity contribution in [3.05, 3.63) is 35.1 Å². The lowest BCUT2D eigenvalue weighted by Crippen LogP contribution is -2.54. The van der Waals surface area contributed by atoms with Crippen LogP contribution in [0.15, 0.2) is 18.2 Å². The second kappa shape index (κ2) is 6.14. The monoisotopic (exact) mass is 292 g/mol. The summed E-state index contributed by atoms with van der Waals surface area (Å²) < 4.78 is 13.6. The van der Waals surface area contributed by atoms with Crippen LogP contribution in [0.3, 0.4) is 0 Å². The number of carbonyl (C=O) groups is 1. The number of benzene rings is 1. The zero-order valence-electron chi connectivity index (χ0n) is 13.4. The lowest BCUT2D eigenvalue weighted by molar-refractivity contribution is 0.0800. The Morgan fingerprint density at radius 3 is 2.52 bits per heavy atom. The smallest absolute Gasteiger partial charge is 0.252 e. The van der Waals surface area contributed by atoms with Crippen molar-refractivity contribution in [2.24, 2.45) is 0 Å². The fraction of sp³-hybridized carbons (Fsp3) is 0.588. The molecule has 1 amide bonds. The number of likely N-dealkylation sites (tertiary alicyclic amines) is 1. The molecular weight excluding hydrogens is 267 g/mol. The summed E-state index contributed by atoms with van der Waals surface area (Å²) in [4.78, 5) is 14.8. The molecule has 1 fully saturated rings. The van der Waals surface area contributed by atoms with Crippen LogP contribution in [0.25, 0.3) is 0 Å². The third-order valence-electron chi connectivity index (χ3n) is 4.56. The Kier molecular flexibility index (Phi) is 4.67. The highest BCUT2D eigenvalue weighted by molar-refractivity contribution is 5.96. The number of hydrogen-bond acceptors (Lipinski definition) is 2. The van der Waals surface area contributed by atoms with Crippen LogP contribution >= 0.6 is 0 Å². The second-order valence-electron chi connectivity index (χ2n) is 6.56. The van der Waals surface area contributed by atoms with Crippen LogP contribution in [0.4, 0.5) is 4.39 Å². The summed E-state index contributed by atoms with van der Waals surface area (Å²) >= 11 is 0. The molecule has 1 aromatic carbocycles. The minimum atomic E-state index is -0.331. The third-order valence-corrected chi connectivity index (χ3v) is 4.56. The standard InChI is InChI=1S/C17H25FN2O/c1-12(2)20-10-8-17(4,9-11-20)19-16(21)14-6-5-7-15(18)13(14)3/h5-7,12H,8-11H2,1-4H3,(H,19,21). The number of nitrogens with one attached hydrogen (secondary N) is 1. The molecule has 4 heteroatoms. The molecule has 1 aliphatic rings. The maximum atomic E-state index is 13.6. The van der Waals surface area contributed by atoms with E-state index in [2.05, 4.69) is 31.0 Å². The van der Waals surface area contributed by atoms with Gasteiger partial charge in [0.25, 0.3) is 5.91 Å². The summed E-state index contributed by atoms with van der Waals surface area (Å²) in [6, 6.07) is 5.19. The Morgan fingerprint density at radius 2 is 1.95 bits per heavy atom. The Morgan fingerprint density at radius 1 is 1.33 bits per heavy atom. The Balaban J connectivity index is 2.04. The Labute approximate surface area is 126 Å². The van der Waals surface area contributed by atoms with Crippen molar-refractivity contribution in [2.45, 2.75) is 52.1 Å². The highest BCUT2D eigenvalue weighted by Gasteiger charge is 2.32. The highest BCUT2D eigenvalue weighted by atomic mass is 19.1. The van der Waals surface area contributed by atoms with E-state index in [1.165, 1.54) is 6.07 Å². The zero-order valence-corrected chi connectivity index (χ0v) is 13.4. The topological polar surface area (TPSA) is 32.3 Å². The molecule has 0 atom stereocenters. The van der Waals surface area contributed by atoms with E-state index in [1.54, 1.807) is 19.1 Å². The molecule has 0 aliphatic carbocycles. The van der Waals surface area contributed by atoms with Gasteiger partial charge in [-0.1, -0.05) is 6.07 Å². The van der Waals surface area contributed by atoms with Crippen molar-refractivity contribution in [1.82, 2.24) is 10.2 Å². The van der Waals surface area contributed by atoms with Crippen molar-refractivity contribution in [1.29, 1.82) is 0 Å². The van der Waals surface area contributed by atoms with Crippen LogP contribution in [0, 0.1) is 12.7 Å². The number of nitrogens with zero attached hydrogens (tertiary/aromatic N) is 1. The average molecular weight is 292 g/mol. The molecule has 0 bridgehead atoms. The predicted molar refractivity (Wildman–Crippen MR) is 83.0 cm³/mol. The van der Waals surface area contributed by atoms with Gasteiger partial charge >= 0.3 is 0 Å². The molecule has 116 valence electrons. The van der Waals surface area contributed by atoms with E-state index in [9.17, 15) is 9.18 Å². The van der Waals surface area contributed by atoms with Gasteiger partial charge < -0.3 is 10.2 Å². The van der Waals surface area contributed by atoms with E-state index in [4.69, 9.17) is 0 Å². The number of carbonyl (C=O) groups excluding carboxylic acids is 1. The molecule has 0 aromatic heterocycles. The van der Waals surface area contributed by atoms with E-state index in [1.807, 2.05) is 0 Å². The molecule has 2 rings (SSSR count). The van der Waals surface area contributed by atoms with Crippen LogP contribution in [0.1, 0.15) is 49.5 Å². The SMILES string of the molecule is Cc1c(F)cccc1C(=O)NC1(C)CCN(C(C)C)CC1. The largest absolute Gasteiger partial charge is 0.347 e. The fourth-order valence-electron chi connectivity index (χ4n) is 2.85. The van der Waals surface area contributed by atoms with Crippen LogP contribution in [0.5, 0.6) is 0 Å². The normalized spacial score (nSPS) is 18.8. The summed E-state index contributed by atoms with van der Waals surface area (Å²) in [5, 5.41) is 3.11. The van der Waals surface area contributed by atoms with Crippen LogP contribution < -0.4 is 5.32 Å². The van der Waals surface area contributed by atoms with E-state index in [-0.39, 0.29) is 17.3 Å². The molecule has 1 heterocycles. The molecule has 21 heavy (non-hydrogen) atoms. The molecule has 1 aromatic rings. The first-order chi connectivity index (χ1) is 9.82. The quantitative estimate of drug-likeness (QED) is 0.928. The number of piperidine rings is 1. The Hall–Kier alpha value is -1.42. The molecule has 0 radical (unpaired) electrons. The maximum absolute atomic E-state index is 13.6. The fourth-order valence-corrected chi connectivity index (χ4v) is 2.85. The van der Waals surface area contributed by atoms with Gasteiger partial charge in [-0.05, 0) is 58.2 Å². The van der Waals surface area contributed by atoms with Crippen molar-refractivity contribution in [2.75, 3.05) is 13.1 Å². The lowest BCUT2D eigenvalue weighted by Gasteiger charge is -2.41. The summed E-state index contributed by atoms with van der Waals surface area (Å²) in [7, 11) is 0. The van der Waals surface area contributed by atoms with Gasteiger partial charge in [-0.15, -0.1) is 0 Å². The van der Waals surface area contributed by atoms with E-state index < -0.39 is 0 Å². The van der Waals surface area contributed by atoms with Gasteiger partial charge in [0.1, 0.15) is 5.82 Å². The van der Waals surface area contributed by atoms with Crippen LogP contribution in [-0.2, 0) is 0 Å². The third kappa shape index (κ3) is 3.62. The first-order valence-electron chi connectivity index (χ1n) is 7.64.